The Morgan fingerprint density at radius 3 is 2.43 bits per heavy atom. The summed E-state index contributed by atoms with van der Waals surface area (Å²) in [6.07, 6.45) is 0. The van der Waals surface area contributed by atoms with Crippen molar-refractivity contribution in [2.75, 3.05) is 0 Å². The maximum Gasteiger partial charge on any atom is 0.0986 e. The Morgan fingerprint density at radius 1 is 1.19 bits per heavy atom. The standard InChI is InChI=1S/C17H25N3S/c1-12-9-15(21-16-10-13(2)19-20(16)6)8-7-14(12)11-18-17(3,4)5/h7-10,18H,11H2,1-6H3. The average Bonchev–Trinajstić information content (AvgIpc) is 2.65. The molecular formula is C17H25N3S. The molecule has 0 aliphatic heterocycles. The molecule has 0 bridgehead atoms. The quantitative estimate of drug-likeness (QED) is 0.923. The molecule has 2 aromatic rings. The minimum absolute atomic E-state index is 0.145. The summed E-state index contributed by atoms with van der Waals surface area (Å²) in [6, 6.07) is 8.79. The minimum atomic E-state index is 0.145. The molecule has 1 heterocycles. The summed E-state index contributed by atoms with van der Waals surface area (Å²) in [5.74, 6) is 0. The van der Waals surface area contributed by atoms with E-state index in [0.717, 1.165) is 12.2 Å². The van der Waals surface area contributed by atoms with Gasteiger partial charge in [0.2, 0.25) is 0 Å². The Morgan fingerprint density at radius 2 is 1.90 bits per heavy atom. The van der Waals surface area contributed by atoms with Crippen molar-refractivity contribution < 1.29 is 0 Å². The third-order valence-corrected chi connectivity index (χ3v) is 4.39. The van der Waals surface area contributed by atoms with Crippen molar-refractivity contribution in [1.29, 1.82) is 0 Å². The van der Waals surface area contributed by atoms with Crippen molar-refractivity contribution in [1.82, 2.24) is 15.1 Å². The normalized spacial score (nSPS) is 11.9. The van der Waals surface area contributed by atoms with E-state index in [1.807, 2.05) is 18.7 Å². The lowest BCUT2D eigenvalue weighted by molar-refractivity contribution is 0.424. The highest BCUT2D eigenvalue weighted by atomic mass is 32.2. The Balaban J connectivity index is 2.10. The highest BCUT2D eigenvalue weighted by Gasteiger charge is 2.10. The maximum absolute atomic E-state index is 4.39. The molecule has 0 saturated heterocycles. The molecule has 0 spiro atoms. The molecule has 4 heteroatoms. The molecule has 0 aliphatic carbocycles. The van der Waals surface area contributed by atoms with Gasteiger partial charge in [0, 0.05) is 24.0 Å². The van der Waals surface area contributed by atoms with E-state index < -0.39 is 0 Å². The predicted octanol–water partition coefficient (Wildman–Crippen LogP) is 4.08. The Hall–Kier alpha value is -1.26. The summed E-state index contributed by atoms with van der Waals surface area (Å²) in [5, 5.41) is 9.10. The van der Waals surface area contributed by atoms with Gasteiger partial charge in [0.1, 0.15) is 0 Å². The van der Waals surface area contributed by atoms with Gasteiger partial charge in [-0.1, -0.05) is 17.8 Å². The van der Waals surface area contributed by atoms with Gasteiger partial charge in [-0.3, -0.25) is 4.68 Å². The third kappa shape index (κ3) is 4.61. The Kier molecular flexibility index (Phi) is 4.79. The average molecular weight is 303 g/mol. The fourth-order valence-corrected chi connectivity index (χ4v) is 3.11. The fraction of sp³-hybridized carbons (Fsp3) is 0.471. The van der Waals surface area contributed by atoms with E-state index in [1.54, 1.807) is 11.8 Å². The molecule has 1 N–H and O–H groups in total. The number of hydrogen-bond donors (Lipinski definition) is 1. The molecule has 0 atom stereocenters. The molecule has 0 amide bonds. The second-order valence-electron chi connectivity index (χ2n) is 6.54. The number of rotatable bonds is 4. The first-order valence-corrected chi connectivity index (χ1v) is 8.09. The molecule has 0 unspecified atom stereocenters. The van der Waals surface area contributed by atoms with Gasteiger partial charge in [-0.15, -0.1) is 0 Å². The zero-order chi connectivity index (χ0) is 15.6. The topological polar surface area (TPSA) is 29.9 Å². The van der Waals surface area contributed by atoms with Crippen molar-refractivity contribution in [3.8, 4) is 0 Å². The van der Waals surface area contributed by atoms with Crippen LogP contribution in [0.25, 0.3) is 0 Å². The van der Waals surface area contributed by atoms with Gasteiger partial charge in [0.25, 0.3) is 0 Å². The monoisotopic (exact) mass is 303 g/mol. The molecule has 21 heavy (non-hydrogen) atoms. The molecule has 2 rings (SSSR count). The van der Waals surface area contributed by atoms with Crippen LogP contribution in [0.3, 0.4) is 0 Å². The molecule has 3 nitrogen and oxygen atoms in total. The summed E-state index contributed by atoms with van der Waals surface area (Å²) in [7, 11) is 1.99. The van der Waals surface area contributed by atoms with E-state index in [-0.39, 0.29) is 5.54 Å². The largest absolute Gasteiger partial charge is 0.308 e. The summed E-state index contributed by atoms with van der Waals surface area (Å²) < 4.78 is 1.93. The fourth-order valence-electron chi connectivity index (χ4n) is 2.09. The molecule has 0 saturated carbocycles. The van der Waals surface area contributed by atoms with Gasteiger partial charge in [0.15, 0.2) is 0 Å². The molecule has 1 aromatic carbocycles. The lowest BCUT2D eigenvalue weighted by atomic mass is 10.1. The van der Waals surface area contributed by atoms with Crippen molar-refractivity contribution in [3.05, 3.63) is 41.1 Å². The van der Waals surface area contributed by atoms with Crippen LogP contribution in [0.15, 0.2) is 34.2 Å². The number of aryl methyl sites for hydroxylation is 3. The van der Waals surface area contributed by atoms with Crippen molar-refractivity contribution >= 4 is 11.8 Å². The maximum atomic E-state index is 4.39. The third-order valence-electron chi connectivity index (χ3n) is 3.30. The van der Waals surface area contributed by atoms with Crippen LogP contribution in [0.4, 0.5) is 0 Å². The predicted molar refractivity (Wildman–Crippen MR) is 89.8 cm³/mol. The SMILES string of the molecule is Cc1cc(Sc2ccc(CNC(C)(C)C)c(C)c2)n(C)n1. The van der Waals surface area contributed by atoms with Crippen LogP contribution in [0.1, 0.15) is 37.6 Å². The lowest BCUT2D eigenvalue weighted by Crippen LogP contribution is -2.35. The van der Waals surface area contributed by atoms with E-state index in [9.17, 15) is 0 Å². The summed E-state index contributed by atoms with van der Waals surface area (Å²) in [4.78, 5) is 1.26. The molecule has 114 valence electrons. The summed E-state index contributed by atoms with van der Waals surface area (Å²) in [5.41, 5.74) is 3.89. The van der Waals surface area contributed by atoms with Crippen LogP contribution in [0.2, 0.25) is 0 Å². The van der Waals surface area contributed by atoms with E-state index >= 15 is 0 Å². The minimum Gasteiger partial charge on any atom is -0.308 e. The smallest absolute Gasteiger partial charge is 0.0986 e. The van der Waals surface area contributed by atoms with Crippen LogP contribution in [0, 0.1) is 13.8 Å². The lowest BCUT2D eigenvalue weighted by Gasteiger charge is -2.21. The van der Waals surface area contributed by atoms with Gasteiger partial charge in [-0.25, -0.2) is 0 Å². The summed E-state index contributed by atoms with van der Waals surface area (Å²) >= 11 is 1.76. The van der Waals surface area contributed by atoms with Gasteiger partial charge in [-0.05, 0) is 63.9 Å². The first kappa shape index (κ1) is 16.1. The number of nitrogens with one attached hydrogen (secondary N) is 1. The van der Waals surface area contributed by atoms with Gasteiger partial charge < -0.3 is 5.32 Å². The molecule has 0 radical (unpaired) electrons. The van der Waals surface area contributed by atoms with E-state index in [0.29, 0.717) is 0 Å². The molecule has 0 fully saturated rings. The van der Waals surface area contributed by atoms with Crippen molar-refractivity contribution in [3.63, 3.8) is 0 Å². The van der Waals surface area contributed by atoms with Gasteiger partial charge >= 0.3 is 0 Å². The second-order valence-corrected chi connectivity index (χ2v) is 7.64. The zero-order valence-corrected chi connectivity index (χ0v) is 14.6. The van der Waals surface area contributed by atoms with Gasteiger partial charge in [0.05, 0.1) is 10.7 Å². The molecule has 1 aromatic heterocycles. The highest BCUT2D eigenvalue weighted by molar-refractivity contribution is 7.99. The first-order chi connectivity index (χ1) is 9.74. The van der Waals surface area contributed by atoms with E-state index in [2.05, 4.69) is 62.4 Å². The highest BCUT2D eigenvalue weighted by Crippen LogP contribution is 2.29. The van der Waals surface area contributed by atoms with Crippen molar-refractivity contribution in [2.45, 2.75) is 56.6 Å². The van der Waals surface area contributed by atoms with Crippen LogP contribution >= 0.6 is 11.8 Å². The zero-order valence-electron chi connectivity index (χ0n) is 13.8. The van der Waals surface area contributed by atoms with E-state index in [1.165, 1.54) is 21.0 Å². The number of nitrogens with zero attached hydrogens (tertiary/aromatic N) is 2. The number of hydrogen-bond acceptors (Lipinski definition) is 3. The number of aromatic nitrogens is 2. The Bertz CT molecular complexity index is 623. The Labute approximate surface area is 132 Å². The first-order valence-electron chi connectivity index (χ1n) is 7.28. The van der Waals surface area contributed by atoms with Gasteiger partial charge in [-0.2, -0.15) is 5.10 Å². The van der Waals surface area contributed by atoms with Crippen LogP contribution in [-0.2, 0) is 13.6 Å². The molecule has 0 aliphatic rings. The van der Waals surface area contributed by atoms with Crippen LogP contribution in [-0.4, -0.2) is 15.3 Å². The van der Waals surface area contributed by atoms with Crippen LogP contribution < -0.4 is 5.32 Å². The van der Waals surface area contributed by atoms with Crippen molar-refractivity contribution in [2.24, 2.45) is 7.05 Å². The second kappa shape index (κ2) is 6.24. The van der Waals surface area contributed by atoms with E-state index in [4.69, 9.17) is 0 Å². The number of benzene rings is 1. The molecular weight excluding hydrogens is 278 g/mol. The van der Waals surface area contributed by atoms with Crippen LogP contribution in [0.5, 0.6) is 0 Å². The summed E-state index contributed by atoms with van der Waals surface area (Å²) in [6.45, 7) is 11.7.